The summed E-state index contributed by atoms with van der Waals surface area (Å²) in [7, 11) is 9.57. The summed E-state index contributed by atoms with van der Waals surface area (Å²) in [6.45, 7) is 6.20. The predicted octanol–water partition coefficient (Wildman–Crippen LogP) is 5.41. The van der Waals surface area contributed by atoms with Crippen molar-refractivity contribution in [3.8, 4) is 0 Å². The second kappa shape index (κ2) is 4.60. The molecule has 2 nitrogen and oxygen atoms in total. The Hall–Kier alpha value is 0.0443. The van der Waals surface area contributed by atoms with Gasteiger partial charge in [0.1, 0.15) is 0 Å². The van der Waals surface area contributed by atoms with Crippen LogP contribution in [-0.2, 0) is 10.4 Å². The van der Waals surface area contributed by atoms with E-state index in [0.29, 0.717) is 11.1 Å². The van der Waals surface area contributed by atoms with E-state index >= 15 is 0 Å². The summed E-state index contributed by atoms with van der Waals surface area (Å²) in [6.07, 6.45) is 4.67. The van der Waals surface area contributed by atoms with Crippen LogP contribution in [-0.4, -0.2) is 22.1 Å². The van der Waals surface area contributed by atoms with Crippen LogP contribution >= 0.6 is 18.6 Å². The fourth-order valence-corrected chi connectivity index (χ4v) is 20.5. The van der Waals surface area contributed by atoms with Gasteiger partial charge in [0.15, 0.2) is 0 Å². The molecule has 1 aromatic rings. The van der Waals surface area contributed by atoms with Crippen molar-refractivity contribution >= 4 is 29.5 Å². The second-order valence-corrected chi connectivity index (χ2v) is 36.7. The fraction of sp³-hybridized carbons (Fsp3) is 0.500. The van der Waals surface area contributed by atoms with Crippen LogP contribution in [0.1, 0.15) is 42.5 Å². The van der Waals surface area contributed by atoms with Gasteiger partial charge in [-0.15, -0.1) is 0 Å². The van der Waals surface area contributed by atoms with Gasteiger partial charge in [-0.1, -0.05) is 0 Å². The van der Waals surface area contributed by atoms with E-state index in [1.165, 1.54) is 0 Å². The zero-order valence-corrected chi connectivity index (χ0v) is 17.6. The quantitative estimate of drug-likeness (QED) is 0.655. The zero-order valence-electron chi connectivity index (χ0n) is 14.6. The predicted molar refractivity (Wildman–Crippen MR) is 102 cm³/mol. The van der Waals surface area contributed by atoms with Crippen molar-refractivity contribution in [2.45, 2.75) is 46.9 Å². The third-order valence-corrected chi connectivity index (χ3v) is 19.6. The minimum atomic E-state index is -5.55. The van der Waals surface area contributed by atoms with Crippen LogP contribution in [0.4, 0.5) is 0 Å². The molecule has 130 valence electrons. The number of fused-ring (bicyclic) bond motifs is 1. The van der Waals surface area contributed by atoms with Crippen molar-refractivity contribution in [3.05, 3.63) is 41.5 Å². The number of nitrogens with one attached hydrogen (secondary N) is 1. The summed E-state index contributed by atoms with van der Waals surface area (Å²) in [6, 6.07) is 8.16. The molecule has 0 amide bonds. The summed E-state index contributed by atoms with van der Waals surface area (Å²) in [5.74, 6) is 0. The van der Waals surface area contributed by atoms with Crippen molar-refractivity contribution < 1.29 is 15.5 Å². The first-order valence-electron chi connectivity index (χ1n) is 8.26. The molecule has 1 unspecified atom stereocenters. The summed E-state index contributed by atoms with van der Waals surface area (Å²) in [5.41, 5.74) is 1.94. The Morgan fingerprint density at radius 1 is 1.26 bits per heavy atom. The average Bonchev–Trinajstić information content (AvgIpc) is 2.79. The standard InChI is InChI=1S/C9H7.C4H10N.C3H7O.CH3.CH2.2ClH.Ti/c1-2-5-9-7-3-6-8(9)4-1;1-4(2,3)5;1-2-3-4;;;;;/h1-7H;5H,1-3H3;4H,1-3H2;1H3;1H2;2*1H;/q;-1;;;;;;+3/p-2. The summed E-state index contributed by atoms with van der Waals surface area (Å²) in [4.78, 5) is 4.61. The van der Waals surface area contributed by atoms with Crippen LogP contribution in [0, 0.1) is 0 Å². The van der Waals surface area contributed by atoms with Gasteiger partial charge in [-0.25, -0.2) is 0 Å². The molecule has 0 radical (unpaired) electrons. The molecule has 5 heteroatoms. The molecule has 1 atom stereocenters. The van der Waals surface area contributed by atoms with Gasteiger partial charge in [0, 0.05) is 0 Å². The van der Waals surface area contributed by atoms with Crippen LogP contribution in [0.3, 0.4) is 0 Å². The molecule has 0 saturated heterocycles. The van der Waals surface area contributed by atoms with E-state index in [0.717, 1.165) is 11.1 Å². The SMILES string of the molecule is [CH2]=[Ti]([CH3])([Cl])([Cl])([CH2]CCO)([NH]C(C)(C)C)[CH]1C=Cc2ccccc21. The van der Waals surface area contributed by atoms with Crippen molar-refractivity contribution in [2.24, 2.45) is 0 Å². The van der Waals surface area contributed by atoms with E-state index < -0.39 is 10.4 Å². The first kappa shape index (κ1) is 19.4. The molecule has 0 aliphatic heterocycles. The van der Waals surface area contributed by atoms with Crippen LogP contribution in [0.25, 0.3) is 6.08 Å². The molecule has 0 saturated carbocycles. The Labute approximate surface area is 143 Å². The van der Waals surface area contributed by atoms with Crippen LogP contribution in [0.5, 0.6) is 0 Å². The van der Waals surface area contributed by atoms with Crippen LogP contribution in [0.2, 0.25) is 9.95 Å². The van der Waals surface area contributed by atoms with E-state index in [1.54, 1.807) is 0 Å². The summed E-state index contributed by atoms with van der Waals surface area (Å²) in [5, 5.41) is 11.4. The van der Waals surface area contributed by atoms with E-state index in [4.69, 9.17) is 18.6 Å². The number of rotatable bonds is 5. The molecule has 1 aliphatic rings. The molecular weight excluding hydrogens is 365 g/mol. The molecule has 0 bridgehead atoms. The minimum absolute atomic E-state index is 0.0409. The van der Waals surface area contributed by atoms with Gasteiger partial charge in [-0.05, 0) is 0 Å². The molecule has 23 heavy (non-hydrogen) atoms. The molecule has 0 spiro atoms. The number of aliphatic hydroxyl groups is 1. The van der Waals surface area contributed by atoms with Gasteiger partial charge in [0.05, 0.1) is 0 Å². The Balaban J connectivity index is 2.76. The van der Waals surface area contributed by atoms with Crippen LogP contribution in [0.15, 0.2) is 30.3 Å². The molecule has 1 aliphatic carbocycles. The van der Waals surface area contributed by atoms with Gasteiger partial charge in [-0.3, -0.25) is 0 Å². The summed E-state index contributed by atoms with van der Waals surface area (Å²) >= 11 is 0. The van der Waals surface area contributed by atoms with Gasteiger partial charge < -0.3 is 0 Å². The van der Waals surface area contributed by atoms with E-state index in [9.17, 15) is 5.11 Å². The van der Waals surface area contributed by atoms with E-state index in [2.05, 4.69) is 53.7 Å². The van der Waals surface area contributed by atoms with Crippen molar-refractivity contribution in [3.63, 3.8) is 0 Å². The average molecular weight is 394 g/mol. The second-order valence-electron chi connectivity index (χ2n) is 9.46. The molecular formula is C18H29Cl2NOTi. The summed E-state index contributed by atoms with van der Waals surface area (Å²) < 4.78 is 3.88. The number of halogens is 2. The van der Waals surface area contributed by atoms with E-state index in [-0.39, 0.29) is 16.4 Å². The maximum atomic E-state index is 9.45. The van der Waals surface area contributed by atoms with E-state index in [1.807, 2.05) is 17.4 Å². The molecule has 0 heterocycles. The van der Waals surface area contributed by atoms with Gasteiger partial charge in [0.2, 0.25) is 0 Å². The molecule has 2 N–H and O–H groups in total. The first-order chi connectivity index (χ1) is 10.1. The van der Waals surface area contributed by atoms with Crippen molar-refractivity contribution in [1.82, 2.24) is 3.80 Å². The Kier molecular flexibility index (Phi) is 3.88. The maximum absolute atomic E-state index is 9.45. The third kappa shape index (κ3) is 3.68. The Morgan fingerprint density at radius 3 is 2.43 bits per heavy atom. The normalized spacial score (nSPS) is 22.7. The van der Waals surface area contributed by atoms with Gasteiger partial charge >= 0.3 is 144 Å². The monoisotopic (exact) mass is 393 g/mol. The number of allylic oxidation sites excluding steroid dienone is 1. The molecule has 1 aromatic carbocycles. The first-order valence-corrected chi connectivity index (χ1v) is 18.0. The fourth-order valence-electron chi connectivity index (χ4n) is 4.58. The molecule has 2 rings (SSSR count). The van der Waals surface area contributed by atoms with Crippen molar-refractivity contribution in [2.75, 3.05) is 6.61 Å². The van der Waals surface area contributed by atoms with Gasteiger partial charge in [-0.2, -0.15) is 0 Å². The molecule has 0 aromatic heterocycles. The Morgan fingerprint density at radius 2 is 1.87 bits per heavy atom. The van der Waals surface area contributed by atoms with Crippen LogP contribution < -0.4 is 3.80 Å². The Bertz CT molecular complexity index is 781. The third-order valence-electron chi connectivity index (χ3n) is 5.00. The number of hydrogen-bond acceptors (Lipinski definition) is 2. The number of hydrogen-bond donors (Lipinski definition) is 2. The van der Waals surface area contributed by atoms with Gasteiger partial charge in [0.25, 0.3) is 0 Å². The zero-order chi connectivity index (χ0) is 17.7. The number of benzene rings is 1. The topological polar surface area (TPSA) is 32.3 Å². The number of aliphatic hydroxyl groups excluding tert-OH is 1. The van der Waals surface area contributed by atoms with Crippen molar-refractivity contribution in [1.29, 1.82) is 0 Å². The molecule has 0 fully saturated rings.